The maximum atomic E-state index is 5.85. The lowest BCUT2D eigenvalue weighted by Crippen LogP contribution is -2.37. The predicted molar refractivity (Wildman–Crippen MR) is 82.9 cm³/mol. The molecular weight excluding hydrogens is 351 g/mol. The average Bonchev–Trinajstić information content (AvgIpc) is 2.30. The Morgan fingerprint density at radius 2 is 2.06 bits per heavy atom. The van der Waals surface area contributed by atoms with Crippen molar-refractivity contribution in [1.82, 2.24) is 9.88 Å². The summed E-state index contributed by atoms with van der Waals surface area (Å²) < 4.78 is 0. The molecule has 2 N–H and O–H groups in total. The van der Waals surface area contributed by atoms with Gasteiger partial charge in [-0.2, -0.15) is 0 Å². The molecule has 0 saturated carbocycles. The third-order valence-corrected chi connectivity index (χ3v) is 2.52. The molecule has 1 aromatic heterocycles. The lowest BCUT2D eigenvalue weighted by atomic mass is 10.3. The van der Waals surface area contributed by atoms with Gasteiger partial charge in [0.1, 0.15) is 5.15 Å². The van der Waals surface area contributed by atoms with Crippen molar-refractivity contribution in [3.05, 3.63) is 29.0 Å². The summed E-state index contributed by atoms with van der Waals surface area (Å²) in [6.45, 7) is 6.37. The van der Waals surface area contributed by atoms with Crippen molar-refractivity contribution in [3.63, 3.8) is 0 Å². The smallest absolute Gasteiger partial charge is 0.191 e. The first-order chi connectivity index (χ1) is 7.67. The van der Waals surface area contributed by atoms with Gasteiger partial charge in [-0.25, -0.2) is 9.98 Å². The van der Waals surface area contributed by atoms with Gasteiger partial charge in [0.05, 0.1) is 6.54 Å². The quantitative estimate of drug-likeness (QED) is 0.384. The Kier molecular flexibility index (Phi) is 8.24. The number of hydrogen-bond acceptors (Lipinski definition) is 2. The maximum absolute atomic E-state index is 5.85. The third-order valence-electron chi connectivity index (χ3n) is 2.30. The number of nitrogens with two attached hydrogens (primary N) is 1. The van der Waals surface area contributed by atoms with Crippen LogP contribution in [0.4, 0.5) is 0 Å². The molecule has 4 nitrogen and oxygen atoms in total. The fourth-order valence-electron chi connectivity index (χ4n) is 1.32. The van der Waals surface area contributed by atoms with E-state index in [2.05, 4.69) is 23.8 Å². The van der Waals surface area contributed by atoms with E-state index in [9.17, 15) is 0 Å². The van der Waals surface area contributed by atoms with Crippen LogP contribution in [0.5, 0.6) is 0 Å². The minimum atomic E-state index is 0. The van der Waals surface area contributed by atoms with Crippen molar-refractivity contribution < 1.29 is 0 Å². The van der Waals surface area contributed by atoms with E-state index in [-0.39, 0.29) is 24.0 Å². The van der Waals surface area contributed by atoms with Gasteiger partial charge in [0, 0.05) is 19.3 Å². The van der Waals surface area contributed by atoms with Crippen LogP contribution in [0.1, 0.15) is 19.4 Å². The standard InChI is InChI=1S/C11H17ClN4.HI/c1-3-16(4-2)11(13)15-8-9-5-6-10(12)14-7-9;/h5-7H,3-4,8H2,1-2H3,(H2,13,15);1H. The van der Waals surface area contributed by atoms with Crippen LogP contribution in [0.25, 0.3) is 0 Å². The van der Waals surface area contributed by atoms with E-state index >= 15 is 0 Å². The Balaban J connectivity index is 0.00000256. The van der Waals surface area contributed by atoms with Crippen LogP contribution in [0, 0.1) is 0 Å². The van der Waals surface area contributed by atoms with Gasteiger partial charge in [0.15, 0.2) is 5.96 Å². The fourth-order valence-corrected chi connectivity index (χ4v) is 1.43. The minimum Gasteiger partial charge on any atom is -0.370 e. The minimum absolute atomic E-state index is 0. The fraction of sp³-hybridized carbons (Fsp3) is 0.455. The molecule has 1 heterocycles. The normalized spacial score (nSPS) is 10.9. The lowest BCUT2D eigenvalue weighted by molar-refractivity contribution is 0.458. The van der Waals surface area contributed by atoms with Crippen LogP contribution < -0.4 is 5.73 Å². The van der Waals surface area contributed by atoms with Crippen molar-refractivity contribution in [1.29, 1.82) is 0 Å². The predicted octanol–water partition coefficient (Wildman–Crippen LogP) is 2.51. The van der Waals surface area contributed by atoms with Gasteiger partial charge in [-0.15, -0.1) is 24.0 Å². The monoisotopic (exact) mass is 368 g/mol. The first kappa shape index (κ1) is 16.4. The zero-order valence-corrected chi connectivity index (χ0v) is 13.1. The van der Waals surface area contributed by atoms with Crippen LogP contribution in [-0.2, 0) is 6.54 Å². The van der Waals surface area contributed by atoms with E-state index in [1.165, 1.54) is 0 Å². The van der Waals surface area contributed by atoms with E-state index in [0.717, 1.165) is 18.7 Å². The highest BCUT2D eigenvalue weighted by atomic mass is 127. The first-order valence-electron chi connectivity index (χ1n) is 5.32. The third kappa shape index (κ3) is 5.54. The largest absolute Gasteiger partial charge is 0.370 e. The Morgan fingerprint density at radius 3 is 2.53 bits per heavy atom. The van der Waals surface area contributed by atoms with Crippen LogP contribution in [0.15, 0.2) is 23.3 Å². The molecule has 0 amide bonds. The van der Waals surface area contributed by atoms with Crippen molar-refractivity contribution in [3.8, 4) is 0 Å². The Morgan fingerprint density at radius 1 is 1.41 bits per heavy atom. The van der Waals surface area contributed by atoms with Gasteiger partial charge in [0.25, 0.3) is 0 Å². The number of halogens is 2. The van der Waals surface area contributed by atoms with Crippen LogP contribution >= 0.6 is 35.6 Å². The Hall–Kier alpha value is -0.560. The van der Waals surface area contributed by atoms with Crippen molar-refractivity contribution >= 4 is 41.5 Å². The molecular formula is C11H18ClIN4. The number of aliphatic imine (C=N–C) groups is 1. The summed E-state index contributed by atoms with van der Waals surface area (Å²) >= 11 is 5.69. The molecule has 0 fully saturated rings. The van der Waals surface area contributed by atoms with Gasteiger partial charge in [0.2, 0.25) is 0 Å². The van der Waals surface area contributed by atoms with Crippen LogP contribution in [-0.4, -0.2) is 28.9 Å². The molecule has 0 aliphatic carbocycles. The van der Waals surface area contributed by atoms with Gasteiger partial charge in [-0.05, 0) is 25.5 Å². The summed E-state index contributed by atoms with van der Waals surface area (Å²) in [6.07, 6.45) is 1.71. The highest BCUT2D eigenvalue weighted by Crippen LogP contribution is 2.06. The van der Waals surface area contributed by atoms with E-state index in [1.807, 2.05) is 11.0 Å². The molecule has 0 spiro atoms. The highest BCUT2D eigenvalue weighted by Gasteiger charge is 2.01. The molecule has 17 heavy (non-hydrogen) atoms. The van der Waals surface area contributed by atoms with E-state index in [4.69, 9.17) is 17.3 Å². The van der Waals surface area contributed by atoms with Crippen molar-refractivity contribution in [2.75, 3.05) is 13.1 Å². The van der Waals surface area contributed by atoms with E-state index < -0.39 is 0 Å². The summed E-state index contributed by atoms with van der Waals surface area (Å²) in [5.41, 5.74) is 6.85. The molecule has 0 aliphatic heterocycles. The molecule has 96 valence electrons. The molecule has 0 aliphatic rings. The molecule has 0 bridgehead atoms. The van der Waals surface area contributed by atoms with Gasteiger partial charge >= 0.3 is 0 Å². The molecule has 1 aromatic rings. The molecule has 0 unspecified atom stereocenters. The second kappa shape index (κ2) is 8.52. The summed E-state index contributed by atoms with van der Waals surface area (Å²) in [7, 11) is 0. The summed E-state index contributed by atoms with van der Waals surface area (Å²) in [6, 6.07) is 3.65. The highest BCUT2D eigenvalue weighted by molar-refractivity contribution is 14.0. The van der Waals surface area contributed by atoms with Gasteiger partial charge in [-0.1, -0.05) is 17.7 Å². The molecule has 0 saturated heterocycles. The SMILES string of the molecule is CCN(CC)C(N)=NCc1ccc(Cl)nc1.I. The number of nitrogens with zero attached hydrogens (tertiary/aromatic N) is 3. The topological polar surface area (TPSA) is 54.5 Å². The molecule has 0 atom stereocenters. The number of guanidine groups is 1. The number of aromatic nitrogens is 1. The average molecular weight is 369 g/mol. The second-order valence-corrected chi connectivity index (χ2v) is 3.72. The summed E-state index contributed by atoms with van der Waals surface area (Å²) in [5.74, 6) is 0.569. The Labute approximate surface area is 124 Å². The molecule has 6 heteroatoms. The van der Waals surface area contributed by atoms with Crippen LogP contribution in [0.3, 0.4) is 0 Å². The zero-order valence-electron chi connectivity index (χ0n) is 10.1. The van der Waals surface area contributed by atoms with Gasteiger partial charge in [-0.3, -0.25) is 0 Å². The summed E-state index contributed by atoms with van der Waals surface area (Å²) in [5, 5.41) is 0.490. The molecule has 0 aromatic carbocycles. The van der Waals surface area contributed by atoms with E-state index in [1.54, 1.807) is 12.3 Å². The number of rotatable bonds is 4. The number of hydrogen-bond donors (Lipinski definition) is 1. The zero-order chi connectivity index (χ0) is 12.0. The number of pyridine rings is 1. The second-order valence-electron chi connectivity index (χ2n) is 3.34. The maximum Gasteiger partial charge on any atom is 0.191 e. The van der Waals surface area contributed by atoms with Crippen LogP contribution in [0.2, 0.25) is 5.15 Å². The Bertz CT molecular complexity index is 349. The first-order valence-corrected chi connectivity index (χ1v) is 5.70. The van der Waals surface area contributed by atoms with Gasteiger partial charge < -0.3 is 10.6 Å². The summed E-state index contributed by atoms with van der Waals surface area (Å²) in [4.78, 5) is 10.3. The van der Waals surface area contributed by atoms with Crippen molar-refractivity contribution in [2.24, 2.45) is 10.7 Å². The lowest BCUT2D eigenvalue weighted by Gasteiger charge is -2.19. The molecule has 1 rings (SSSR count). The van der Waals surface area contributed by atoms with E-state index in [0.29, 0.717) is 17.7 Å². The molecule has 0 radical (unpaired) electrons. The van der Waals surface area contributed by atoms with Crippen molar-refractivity contribution in [2.45, 2.75) is 20.4 Å².